The summed E-state index contributed by atoms with van der Waals surface area (Å²) in [6, 6.07) is 3.24. The third-order valence-electron chi connectivity index (χ3n) is 0.899. The minimum Gasteiger partial charge on any atom is -0.429 e. The van der Waals surface area contributed by atoms with Crippen molar-refractivity contribution in [2.45, 2.75) is 0 Å². The van der Waals surface area contributed by atoms with Crippen molar-refractivity contribution in [3.63, 3.8) is 0 Å². The van der Waals surface area contributed by atoms with Gasteiger partial charge in [-0.25, -0.2) is 4.79 Å². The van der Waals surface area contributed by atoms with E-state index in [0.717, 1.165) is 6.26 Å². The average molecular weight is 200 g/mol. The summed E-state index contributed by atoms with van der Waals surface area (Å²) < 4.78 is 4.72. The number of rotatable bonds is 0. The summed E-state index contributed by atoms with van der Waals surface area (Å²) in [4.78, 5) is 10.6. The van der Waals surface area contributed by atoms with Crippen LogP contribution in [0.4, 0.5) is 0 Å². The summed E-state index contributed by atoms with van der Waals surface area (Å²) in [5.41, 5.74) is -0.148. The average Bonchev–Trinajstić information content (AvgIpc) is 1.95. The molecule has 0 radical (unpaired) electrons. The molecule has 1 rings (SSSR count). The van der Waals surface area contributed by atoms with E-state index >= 15 is 0 Å². The third kappa shape index (κ3) is 1.25. The highest BCUT2D eigenvalue weighted by Crippen LogP contribution is 2.04. The zero-order valence-corrected chi connectivity index (χ0v) is 6.38. The van der Waals surface area contributed by atoms with Crippen LogP contribution < -0.4 is 5.63 Å². The van der Waals surface area contributed by atoms with Crippen molar-refractivity contribution in [3.05, 3.63) is 32.8 Å². The molecule has 0 saturated carbocycles. The Morgan fingerprint density at radius 1 is 1.70 bits per heavy atom. The van der Waals surface area contributed by atoms with Gasteiger partial charge in [0.1, 0.15) is 16.8 Å². The van der Waals surface area contributed by atoms with Crippen LogP contribution in [0, 0.1) is 11.3 Å². The number of hydrogen-bond donors (Lipinski definition) is 0. The molecule has 0 saturated heterocycles. The largest absolute Gasteiger partial charge is 0.429 e. The summed E-state index contributed by atoms with van der Waals surface area (Å²) in [6.45, 7) is 0. The number of halogens is 1. The molecule has 0 aliphatic carbocycles. The van der Waals surface area contributed by atoms with Crippen molar-refractivity contribution in [3.8, 4) is 6.07 Å². The number of nitrogens with zero attached hydrogens (tertiary/aromatic N) is 1. The van der Waals surface area contributed by atoms with Crippen molar-refractivity contribution in [2.24, 2.45) is 0 Å². The molecule has 0 amide bonds. The molecule has 0 fully saturated rings. The highest BCUT2D eigenvalue weighted by atomic mass is 79.9. The van der Waals surface area contributed by atoms with Crippen molar-refractivity contribution >= 4 is 15.9 Å². The summed E-state index contributed by atoms with van der Waals surface area (Å²) in [7, 11) is 0. The molecule has 1 heterocycles. The molecule has 0 atom stereocenters. The van der Waals surface area contributed by atoms with Gasteiger partial charge in [-0.1, -0.05) is 0 Å². The Balaban J connectivity index is 3.34. The van der Waals surface area contributed by atoms with Crippen LogP contribution in [-0.4, -0.2) is 0 Å². The van der Waals surface area contributed by atoms with Gasteiger partial charge in [0.05, 0.1) is 5.56 Å². The molecule has 0 spiro atoms. The van der Waals surface area contributed by atoms with Crippen LogP contribution in [0.15, 0.2) is 26.0 Å². The lowest BCUT2D eigenvalue weighted by Crippen LogP contribution is -1.98. The highest BCUT2D eigenvalue weighted by molar-refractivity contribution is 9.10. The Hall–Kier alpha value is -1.08. The van der Waals surface area contributed by atoms with E-state index < -0.39 is 5.63 Å². The van der Waals surface area contributed by atoms with Crippen molar-refractivity contribution < 1.29 is 4.42 Å². The molecule has 0 aliphatic rings. The van der Waals surface area contributed by atoms with Crippen LogP contribution in [-0.2, 0) is 0 Å². The second-order valence-electron chi connectivity index (χ2n) is 1.58. The lowest BCUT2D eigenvalue weighted by Gasteiger charge is -1.86. The topological polar surface area (TPSA) is 54.0 Å². The van der Waals surface area contributed by atoms with E-state index in [1.165, 1.54) is 6.07 Å². The first-order valence-electron chi connectivity index (χ1n) is 2.42. The van der Waals surface area contributed by atoms with Gasteiger partial charge in [-0.05, 0) is 22.0 Å². The Kier molecular flexibility index (Phi) is 1.88. The SMILES string of the molecule is N#Cc1coc(=O)c(Br)c1. The van der Waals surface area contributed by atoms with Crippen LogP contribution in [0.1, 0.15) is 5.56 Å². The number of hydrogen-bond acceptors (Lipinski definition) is 3. The van der Waals surface area contributed by atoms with Crippen molar-refractivity contribution in [1.29, 1.82) is 5.26 Å². The third-order valence-corrected chi connectivity index (χ3v) is 1.45. The molecular formula is C6H2BrNO2. The predicted octanol–water partition coefficient (Wildman–Crippen LogP) is 1.27. The van der Waals surface area contributed by atoms with Gasteiger partial charge < -0.3 is 4.42 Å². The van der Waals surface area contributed by atoms with E-state index in [0.29, 0.717) is 5.56 Å². The smallest absolute Gasteiger partial charge is 0.350 e. The van der Waals surface area contributed by atoms with E-state index in [9.17, 15) is 4.79 Å². The van der Waals surface area contributed by atoms with Gasteiger partial charge in [0.25, 0.3) is 0 Å². The molecule has 10 heavy (non-hydrogen) atoms. The van der Waals surface area contributed by atoms with Crippen LogP contribution in [0.5, 0.6) is 0 Å². The maximum absolute atomic E-state index is 10.6. The van der Waals surface area contributed by atoms with Crippen LogP contribution in [0.3, 0.4) is 0 Å². The van der Waals surface area contributed by atoms with Gasteiger partial charge >= 0.3 is 5.63 Å². The molecule has 0 bridgehead atoms. The second kappa shape index (κ2) is 2.67. The molecule has 3 nitrogen and oxygen atoms in total. The normalized spacial score (nSPS) is 8.80. The maximum atomic E-state index is 10.6. The van der Waals surface area contributed by atoms with Gasteiger partial charge in [0.2, 0.25) is 0 Å². The second-order valence-corrected chi connectivity index (χ2v) is 2.44. The monoisotopic (exact) mass is 199 g/mol. The van der Waals surface area contributed by atoms with E-state index in [1.807, 2.05) is 6.07 Å². The first kappa shape index (κ1) is 7.03. The molecule has 4 heteroatoms. The summed E-state index contributed by atoms with van der Waals surface area (Å²) in [5.74, 6) is 0. The number of nitriles is 1. The molecule has 1 aromatic heterocycles. The Bertz CT molecular complexity index is 336. The first-order chi connectivity index (χ1) is 4.74. The van der Waals surface area contributed by atoms with E-state index in [2.05, 4.69) is 20.3 Å². The van der Waals surface area contributed by atoms with Gasteiger partial charge in [-0.15, -0.1) is 0 Å². The van der Waals surface area contributed by atoms with Crippen molar-refractivity contribution in [2.75, 3.05) is 0 Å². The zero-order valence-electron chi connectivity index (χ0n) is 4.80. The lowest BCUT2D eigenvalue weighted by atomic mass is 10.3. The van der Waals surface area contributed by atoms with Gasteiger partial charge in [-0.3, -0.25) is 0 Å². The Labute approximate surface area is 65.0 Å². The molecule has 0 unspecified atom stereocenters. The zero-order chi connectivity index (χ0) is 7.56. The maximum Gasteiger partial charge on any atom is 0.350 e. The van der Waals surface area contributed by atoms with Crippen molar-refractivity contribution in [1.82, 2.24) is 0 Å². The first-order valence-corrected chi connectivity index (χ1v) is 3.22. The predicted molar refractivity (Wildman–Crippen MR) is 37.4 cm³/mol. The summed E-state index contributed by atoms with van der Waals surface area (Å²) >= 11 is 2.93. The molecule has 1 aromatic rings. The summed E-state index contributed by atoms with van der Waals surface area (Å²) in [6.07, 6.45) is 1.12. The minimum atomic E-state index is -0.473. The van der Waals surface area contributed by atoms with E-state index in [1.54, 1.807) is 0 Å². The van der Waals surface area contributed by atoms with Gasteiger partial charge in [0.15, 0.2) is 0 Å². The van der Waals surface area contributed by atoms with E-state index in [4.69, 9.17) is 5.26 Å². The lowest BCUT2D eigenvalue weighted by molar-refractivity contribution is 0.505. The summed E-state index contributed by atoms with van der Waals surface area (Å²) in [5, 5.41) is 8.32. The minimum absolute atomic E-state index is 0.270. The van der Waals surface area contributed by atoms with Crippen LogP contribution in [0.25, 0.3) is 0 Å². The molecule has 0 aliphatic heterocycles. The van der Waals surface area contributed by atoms with E-state index in [-0.39, 0.29) is 4.47 Å². The van der Waals surface area contributed by atoms with Gasteiger partial charge in [0, 0.05) is 0 Å². The quantitative estimate of drug-likeness (QED) is 0.633. The Morgan fingerprint density at radius 2 is 2.40 bits per heavy atom. The van der Waals surface area contributed by atoms with Gasteiger partial charge in [-0.2, -0.15) is 5.26 Å². The van der Waals surface area contributed by atoms with Crippen LogP contribution in [0.2, 0.25) is 0 Å². The molecule has 0 N–H and O–H groups in total. The fourth-order valence-corrected chi connectivity index (χ4v) is 0.801. The molecular weight excluding hydrogens is 198 g/mol. The molecule has 0 aromatic carbocycles. The Morgan fingerprint density at radius 3 is 2.90 bits per heavy atom. The fraction of sp³-hybridized carbons (Fsp3) is 0. The standard InChI is InChI=1S/C6H2BrNO2/c7-5-1-4(2-8)3-10-6(5)9/h1,3H. The van der Waals surface area contributed by atoms with Crippen LogP contribution >= 0.6 is 15.9 Å². The molecule has 50 valence electrons. The fourth-order valence-electron chi connectivity index (χ4n) is 0.461. The highest BCUT2D eigenvalue weighted by Gasteiger charge is 1.97.